The molecule has 3 nitrogen and oxygen atoms in total. The second-order valence-corrected chi connectivity index (χ2v) is 16.7. The summed E-state index contributed by atoms with van der Waals surface area (Å²) < 4.78 is 9.94. The lowest BCUT2D eigenvalue weighted by Crippen LogP contribution is -2.30. The lowest BCUT2D eigenvalue weighted by Gasteiger charge is -2.39. The van der Waals surface area contributed by atoms with Crippen LogP contribution in [0.3, 0.4) is 0 Å². The monoisotopic (exact) mass is 884 g/mol. The molecule has 7 aromatic rings. The molecule has 0 heterocycles. The van der Waals surface area contributed by atoms with Gasteiger partial charge in [-0.05, 0) is 116 Å². The molecule has 1 fully saturated rings. The molecule has 1 aliphatic carbocycles. The molecule has 0 unspecified atom stereocenters. The number of hydrogen-bond donors (Lipinski definition) is 1. The van der Waals surface area contributed by atoms with Gasteiger partial charge in [0.2, 0.25) is 0 Å². The van der Waals surface area contributed by atoms with E-state index in [1.165, 1.54) is 76.6 Å². The van der Waals surface area contributed by atoms with Crippen molar-refractivity contribution in [2.45, 2.75) is 65.2 Å². The van der Waals surface area contributed by atoms with Crippen LogP contribution in [-0.4, -0.2) is 14.2 Å². The molecule has 0 bridgehead atoms. The first-order valence-electron chi connectivity index (χ1n) is 23.4. The van der Waals surface area contributed by atoms with Crippen molar-refractivity contribution in [3.63, 3.8) is 0 Å². The van der Waals surface area contributed by atoms with Gasteiger partial charge in [0.1, 0.15) is 11.5 Å². The van der Waals surface area contributed by atoms with Gasteiger partial charge in [-0.3, -0.25) is 0 Å². The quantitative estimate of drug-likeness (QED) is 0.124. The van der Waals surface area contributed by atoms with Crippen molar-refractivity contribution < 1.29 is 9.47 Å². The van der Waals surface area contributed by atoms with Gasteiger partial charge >= 0.3 is 0 Å². The van der Waals surface area contributed by atoms with Crippen LogP contribution in [0.25, 0.3) is 11.1 Å². The van der Waals surface area contributed by atoms with Crippen molar-refractivity contribution in [2.24, 2.45) is 0 Å². The van der Waals surface area contributed by atoms with Crippen LogP contribution in [0.15, 0.2) is 237 Å². The number of anilines is 1. The average Bonchev–Trinajstić information content (AvgIpc) is 3.39. The topological polar surface area (TPSA) is 30.5 Å². The summed E-state index contributed by atoms with van der Waals surface area (Å²) in [4.78, 5) is 0. The van der Waals surface area contributed by atoms with Crippen LogP contribution in [0.2, 0.25) is 0 Å². The fraction of sp³-hybridized carbons (Fsp3) is 0.188. The number of aryl methyl sites for hydroxylation is 3. The van der Waals surface area contributed by atoms with Gasteiger partial charge in [-0.2, -0.15) is 0 Å². The van der Waals surface area contributed by atoms with Crippen molar-refractivity contribution >= 4 is 16.8 Å². The zero-order valence-electron chi connectivity index (χ0n) is 40.6. The lowest BCUT2D eigenvalue weighted by atomic mass is 9.65. The van der Waals surface area contributed by atoms with Crippen molar-refractivity contribution in [3.05, 3.63) is 282 Å². The number of hydrogen-bond acceptors (Lipinski definition) is 3. The molecule has 1 N–H and O–H groups in total. The Balaban J connectivity index is 0.000000206. The highest BCUT2D eigenvalue weighted by Gasteiger charge is 2.35. The number of rotatable bonds is 12. The van der Waals surface area contributed by atoms with Gasteiger partial charge in [0.15, 0.2) is 0 Å². The van der Waals surface area contributed by atoms with Gasteiger partial charge in [0, 0.05) is 22.9 Å². The van der Waals surface area contributed by atoms with E-state index in [2.05, 4.69) is 180 Å². The molecule has 342 valence electrons. The van der Waals surface area contributed by atoms with Crippen molar-refractivity contribution in [1.82, 2.24) is 0 Å². The molecule has 0 saturated heterocycles. The highest BCUT2D eigenvalue weighted by Crippen LogP contribution is 2.45. The molecule has 0 radical (unpaired) electrons. The van der Waals surface area contributed by atoms with Crippen LogP contribution < -0.4 is 14.8 Å². The summed E-state index contributed by atoms with van der Waals surface area (Å²) in [5.74, 6) is 1.83. The van der Waals surface area contributed by atoms with E-state index in [0.717, 1.165) is 33.9 Å². The highest BCUT2D eigenvalue weighted by atomic mass is 16.5. The van der Waals surface area contributed by atoms with E-state index in [1.807, 2.05) is 78.9 Å². The molecule has 0 atom stereocenters. The third-order valence-corrected chi connectivity index (χ3v) is 12.0. The van der Waals surface area contributed by atoms with E-state index in [4.69, 9.17) is 9.47 Å². The minimum absolute atomic E-state index is 0.123. The van der Waals surface area contributed by atoms with Crippen molar-refractivity contribution in [2.75, 3.05) is 19.5 Å². The Kier molecular flexibility index (Phi) is 20.6. The maximum atomic E-state index is 4.97. The molecular weight excluding hydrogens is 815 g/mol. The molecule has 1 saturated carbocycles. The van der Waals surface area contributed by atoms with Gasteiger partial charge in [0.25, 0.3) is 0 Å². The van der Waals surface area contributed by atoms with Crippen LogP contribution >= 0.6 is 0 Å². The van der Waals surface area contributed by atoms with E-state index in [1.54, 1.807) is 20.3 Å². The second kappa shape index (κ2) is 27.2. The summed E-state index contributed by atoms with van der Waals surface area (Å²) >= 11 is 0. The molecule has 8 rings (SSSR count). The maximum Gasteiger partial charge on any atom is 0.118 e. The zero-order valence-corrected chi connectivity index (χ0v) is 40.6. The Morgan fingerprint density at radius 3 is 1.30 bits per heavy atom. The Labute approximate surface area is 402 Å². The molecule has 0 aliphatic heterocycles. The summed E-state index contributed by atoms with van der Waals surface area (Å²) in [6.45, 7) is 16.2. The second-order valence-electron chi connectivity index (χ2n) is 16.7. The van der Waals surface area contributed by atoms with Crippen LogP contribution in [0.1, 0.15) is 83.5 Å². The van der Waals surface area contributed by atoms with Crippen molar-refractivity contribution in [1.29, 1.82) is 0 Å². The average molecular weight is 884 g/mol. The minimum Gasteiger partial charge on any atom is -0.497 e. The number of benzene rings is 7. The SMILES string of the molecule is C=C/C=C(C=C)/C(=C/Nc1ccc(C2(c3ccc(C)cc3)CCCCC2)cc1)c1ccccc1.CC=C(c1ccccc1)c1ccccc1.COc1ccc(C)cc1.COc1ccc(C)cc1. The number of nitrogens with one attached hydrogen (secondary N) is 1. The van der Waals surface area contributed by atoms with Crippen LogP contribution in [-0.2, 0) is 5.41 Å². The Hall–Kier alpha value is -7.36. The number of methoxy groups -OCH3 is 2. The molecular formula is C64H69NO2. The van der Waals surface area contributed by atoms with Crippen LogP contribution in [0.4, 0.5) is 5.69 Å². The summed E-state index contributed by atoms with van der Waals surface area (Å²) in [6.07, 6.45) is 16.2. The predicted molar refractivity (Wildman–Crippen MR) is 289 cm³/mol. The predicted octanol–water partition coefficient (Wildman–Crippen LogP) is 17.1. The third kappa shape index (κ3) is 15.4. The Bertz CT molecular complexity index is 2510. The molecule has 7 aromatic carbocycles. The van der Waals surface area contributed by atoms with E-state index >= 15 is 0 Å². The standard InChI is InChI=1S/C33H35N.C15H14.2C8H10O/c1-4-12-27(5-2)32(28-13-8-6-9-14-28)25-34-31-21-19-30(20-22-31)33(23-10-7-11-24-33)29-17-15-26(3)16-18-29;1-2-15(13-9-5-3-6-10-13)14-11-7-4-8-12-14;2*1-7-3-5-8(9-2)6-4-7/h4-6,8-9,12-22,25,34H,1-2,7,10-11,23-24H2,3H3;2-12H,1H3;2*3-6H,1-2H3/b27-12+,32-25-;;;. The molecule has 3 heteroatoms. The van der Waals surface area contributed by atoms with Crippen LogP contribution in [0.5, 0.6) is 11.5 Å². The van der Waals surface area contributed by atoms with E-state index in [-0.39, 0.29) is 5.41 Å². The van der Waals surface area contributed by atoms with Crippen LogP contribution in [0, 0.1) is 20.8 Å². The fourth-order valence-corrected chi connectivity index (χ4v) is 8.24. The Morgan fingerprint density at radius 2 is 0.910 bits per heavy atom. The summed E-state index contributed by atoms with van der Waals surface area (Å²) in [7, 11) is 3.34. The first-order chi connectivity index (χ1) is 32.7. The molecule has 0 spiro atoms. The Morgan fingerprint density at radius 1 is 0.507 bits per heavy atom. The normalized spacial score (nSPS) is 12.7. The van der Waals surface area contributed by atoms with E-state index in [9.17, 15) is 0 Å². The summed E-state index contributed by atoms with van der Waals surface area (Å²) in [6, 6.07) is 65.5. The summed E-state index contributed by atoms with van der Waals surface area (Å²) in [5.41, 5.74) is 15.0. The maximum absolute atomic E-state index is 4.97. The van der Waals surface area contributed by atoms with E-state index in [0.29, 0.717) is 0 Å². The number of allylic oxidation sites excluding steroid dienone is 6. The van der Waals surface area contributed by atoms with Gasteiger partial charge in [-0.15, -0.1) is 0 Å². The van der Waals surface area contributed by atoms with Gasteiger partial charge in [-0.1, -0.05) is 225 Å². The summed E-state index contributed by atoms with van der Waals surface area (Å²) in [5, 5.41) is 3.52. The largest absolute Gasteiger partial charge is 0.497 e. The molecule has 67 heavy (non-hydrogen) atoms. The van der Waals surface area contributed by atoms with Gasteiger partial charge in [-0.25, -0.2) is 0 Å². The van der Waals surface area contributed by atoms with Gasteiger partial charge in [0.05, 0.1) is 14.2 Å². The lowest BCUT2D eigenvalue weighted by molar-refractivity contribution is 0.346. The number of ether oxygens (including phenoxy) is 2. The van der Waals surface area contributed by atoms with E-state index < -0.39 is 0 Å². The van der Waals surface area contributed by atoms with Crippen molar-refractivity contribution in [3.8, 4) is 11.5 Å². The fourth-order valence-electron chi connectivity index (χ4n) is 8.24. The molecule has 0 amide bonds. The zero-order chi connectivity index (χ0) is 47.7. The minimum atomic E-state index is 0.123. The third-order valence-electron chi connectivity index (χ3n) is 12.0. The smallest absolute Gasteiger partial charge is 0.118 e. The van der Waals surface area contributed by atoms with Gasteiger partial charge < -0.3 is 14.8 Å². The molecule has 1 aliphatic rings. The molecule has 0 aromatic heterocycles. The first-order valence-corrected chi connectivity index (χ1v) is 23.4. The highest BCUT2D eigenvalue weighted by molar-refractivity contribution is 5.83. The first kappa shape index (κ1) is 50.6.